The maximum atomic E-state index is 12.5. The third kappa shape index (κ3) is 3.35. The van der Waals surface area contributed by atoms with Crippen molar-refractivity contribution in [3.05, 3.63) is 29.3 Å². The predicted molar refractivity (Wildman–Crippen MR) is 77.2 cm³/mol. The van der Waals surface area contributed by atoms with Gasteiger partial charge in [-0.05, 0) is 31.2 Å². The summed E-state index contributed by atoms with van der Waals surface area (Å²) >= 11 is 0. The van der Waals surface area contributed by atoms with Gasteiger partial charge < -0.3 is 5.32 Å². The molecule has 0 aliphatic heterocycles. The first kappa shape index (κ1) is 15.7. The average molecular weight is 280 g/mol. The van der Waals surface area contributed by atoms with E-state index in [1.807, 2.05) is 20.0 Å². The Hall–Kier alpha value is -1.35. The van der Waals surface area contributed by atoms with Crippen molar-refractivity contribution in [1.82, 2.24) is 9.62 Å². The molecular formula is C14H20N2O2S. The highest BCUT2D eigenvalue weighted by Crippen LogP contribution is 2.22. The lowest BCUT2D eigenvalue weighted by atomic mass is 10.1. The second-order valence-corrected chi connectivity index (χ2v) is 6.11. The SMILES string of the molecule is C#CCN(CC)S(=O)(=O)c1cccc(CNC)c1C. The molecule has 0 saturated heterocycles. The second kappa shape index (κ2) is 6.71. The monoisotopic (exact) mass is 280 g/mol. The summed E-state index contributed by atoms with van der Waals surface area (Å²) in [4.78, 5) is 0.331. The third-order valence-corrected chi connectivity index (χ3v) is 5.07. The van der Waals surface area contributed by atoms with E-state index in [1.165, 1.54) is 4.31 Å². The molecule has 0 unspecified atom stereocenters. The van der Waals surface area contributed by atoms with E-state index < -0.39 is 10.0 Å². The van der Waals surface area contributed by atoms with E-state index in [-0.39, 0.29) is 6.54 Å². The molecule has 0 aromatic heterocycles. The van der Waals surface area contributed by atoms with Crippen molar-refractivity contribution in [2.24, 2.45) is 0 Å². The van der Waals surface area contributed by atoms with Crippen molar-refractivity contribution in [2.45, 2.75) is 25.3 Å². The molecule has 0 radical (unpaired) electrons. The molecule has 0 heterocycles. The van der Waals surface area contributed by atoms with Crippen LogP contribution in [0.2, 0.25) is 0 Å². The number of hydrogen-bond donors (Lipinski definition) is 1. The molecule has 0 atom stereocenters. The minimum atomic E-state index is -3.52. The number of benzene rings is 1. The Morgan fingerprint density at radius 2 is 2.11 bits per heavy atom. The summed E-state index contributed by atoms with van der Waals surface area (Å²) in [5, 5.41) is 3.03. The average Bonchev–Trinajstić information content (AvgIpc) is 2.38. The van der Waals surface area contributed by atoms with E-state index in [0.29, 0.717) is 18.0 Å². The first-order valence-corrected chi connectivity index (χ1v) is 7.59. The lowest BCUT2D eigenvalue weighted by Gasteiger charge is -2.20. The summed E-state index contributed by atoms with van der Waals surface area (Å²) in [5.41, 5.74) is 1.74. The van der Waals surface area contributed by atoms with Crippen LogP contribution >= 0.6 is 0 Å². The summed E-state index contributed by atoms with van der Waals surface area (Å²) in [6, 6.07) is 5.31. The highest BCUT2D eigenvalue weighted by atomic mass is 32.2. The van der Waals surface area contributed by atoms with Gasteiger partial charge >= 0.3 is 0 Å². The summed E-state index contributed by atoms with van der Waals surface area (Å²) in [5.74, 6) is 2.39. The van der Waals surface area contributed by atoms with Gasteiger partial charge in [0, 0.05) is 13.1 Å². The summed E-state index contributed by atoms with van der Waals surface area (Å²) in [6.45, 7) is 4.69. The standard InChI is InChI=1S/C14H20N2O2S/c1-5-10-16(6-2)19(17,18)14-9-7-8-13(11-15-4)12(14)3/h1,7-9,15H,6,10-11H2,2-4H3. The maximum absolute atomic E-state index is 12.5. The molecule has 1 N–H and O–H groups in total. The zero-order chi connectivity index (χ0) is 14.5. The number of nitrogens with one attached hydrogen (secondary N) is 1. The Kier molecular flexibility index (Phi) is 5.55. The molecule has 1 rings (SSSR count). The Morgan fingerprint density at radius 3 is 2.63 bits per heavy atom. The highest BCUT2D eigenvalue weighted by molar-refractivity contribution is 7.89. The fourth-order valence-corrected chi connectivity index (χ4v) is 3.56. The zero-order valence-electron chi connectivity index (χ0n) is 11.6. The van der Waals surface area contributed by atoms with Crippen LogP contribution in [-0.2, 0) is 16.6 Å². The first-order chi connectivity index (χ1) is 8.98. The van der Waals surface area contributed by atoms with Gasteiger partial charge in [0.2, 0.25) is 10.0 Å². The topological polar surface area (TPSA) is 49.4 Å². The van der Waals surface area contributed by atoms with E-state index in [9.17, 15) is 8.42 Å². The molecule has 19 heavy (non-hydrogen) atoms. The van der Waals surface area contributed by atoms with Crippen LogP contribution in [0.25, 0.3) is 0 Å². The maximum Gasteiger partial charge on any atom is 0.244 e. The van der Waals surface area contributed by atoms with Crippen LogP contribution in [0.15, 0.2) is 23.1 Å². The summed E-state index contributed by atoms with van der Waals surface area (Å²) in [7, 11) is -1.69. The Labute approximate surface area is 115 Å². The number of terminal acetylenes is 1. The molecule has 0 saturated carbocycles. The predicted octanol–water partition coefficient (Wildman–Crippen LogP) is 1.36. The van der Waals surface area contributed by atoms with Crippen molar-refractivity contribution in [3.8, 4) is 12.3 Å². The zero-order valence-corrected chi connectivity index (χ0v) is 12.4. The molecular weight excluding hydrogens is 260 g/mol. The van der Waals surface area contributed by atoms with Gasteiger partial charge in [0.15, 0.2) is 0 Å². The van der Waals surface area contributed by atoms with E-state index in [1.54, 1.807) is 19.1 Å². The van der Waals surface area contributed by atoms with Crippen molar-refractivity contribution in [1.29, 1.82) is 0 Å². The fraction of sp³-hybridized carbons (Fsp3) is 0.429. The molecule has 5 heteroatoms. The molecule has 1 aromatic rings. The molecule has 0 amide bonds. The van der Waals surface area contributed by atoms with Gasteiger partial charge in [0.1, 0.15) is 0 Å². The quantitative estimate of drug-likeness (QED) is 0.800. The fourth-order valence-electron chi connectivity index (χ4n) is 1.93. The van der Waals surface area contributed by atoms with Gasteiger partial charge in [-0.25, -0.2) is 8.42 Å². The van der Waals surface area contributed by atoms with Gasteiger partial charge in [-0.15, -0.1) is 6.42 Å². The van der Waals surface area contributed by atoms with Crippen LogP contribution in [0.5, 0.6) is 0 Å². The Bertz CT molecular complexity index is 574. The molecule has 0 fully saturated rings. The molecule has 4 nitrogen and oxygen atoms in total. The highest BCUT2D eigenvalue weighted by Gasteiger charge is 2.24. The largest absolute Gasteiger partial charge is 0.316 e. The van der Waals surface area contributed by atoms with Gasteiger partial charge in [-0.1, -0.05) is 25.0 Å². The van der Waals surface area contributed by atoms with Crippen LogP contribution in [0.4, 0.5) is 0 Å². The van der Waals surface area contributed by atoms with Crippen LogP contribution in [0.3, 0.4) is 0 Å². The minimum Gasteiger partial charge on any atom is -0.316 e. The van der Waals surface area contributed by atoms with Crippen molar-refractivity contribution < 1.29 is 8.42 Å². The van der Waals surface area contributed by atoms with Gasteiger partial charge in [0.25, 0.3) is 0 Å². The van der Waals surface area contributed by atoms with E-state index in [4.69, 9.17) is 6.42 Å². The van der Waals surface area contributed by atoms with Crippen molar-refractivity contribution in [2.75, 3.05) is 20.1 Å². The lowest BCUT2D eigenvalue weighted by molar-refractivity contribution is 0.463. The smallest absolute Gasteiger partial charge is 0.244 e. The Morgan fingerprint density at radius 1 is 1.42 bits per heavy atom. The molecule has 0 aliphatic carbocycles. The minimum absolute atomic E-state index is 0.0918. The number of rotatable bonds is 6. The lowest BCUT2D eigenvalue weighted by Crippen LogP contribution is -2.32. The molecule has 0 bridgehead atoms. The second-order valence-electron chi connectivity index (χ2n) is 4.21. The molecule has 0 spiro atoms. The van der Waals surface area contributed by atoms with Crippen LogP contribution in [0, 0.1) is 19.3 Å². The third-order valence-electron chi connectivity index (χ3n) is 3.00. The number of nitrogens with zero attached hydrogens (tertiary/aromatic N) is 1. The number of sulfonamides is 1. The molecule has 104 valence electrons. The van der Waals surface area contributed by atoms with Crippen molar-refractivity contribution in [3.63, 3.8) is 0 Å². The van der Waals surface area contributed by atoms with E-state index >= 15 is 0 Å². The number of hydrogen-bond acceptors (Lipinski definition) is 3. The van der Waals surface area contributed by atoms with Crippen LogP contribution in [-0.4, -0.2) is 32.9 Å². The van der Waals surface area contributed by atoms with Gasteiger partial charge in [-0.3, -0.25) is 0 Å². The van der Waals surface area contributed by atoms with E-state index in [0.717, 1.165) is 11.1 Å². The molecule has 0 aliphatic rings. The van der Waals surface area contributed by atoms with E-state index in [2.05, 4.69) is 11.2 Å². The van der Waals surface area contributed by atoms with Crippen molar-refractivity contribution >= 4 is 10.0 Å². The Balaban J connectivity index is 3.29. The first-order valence-electron chi connectivity index (χ1n) is 6.15. The summed E-state index contributed by atoms with van der Waals surface area (Å²) < 4.78 is 26.4. The van der Waals surface area contributed by atoms with Gasteiger partial charge in [-0.2, -0.15) is 4.31 Å². The summed E-state index contributed by atoms with van der Waals surface area (Å²) in [6.07, 6.45) is 5.23. The van der Waals surface area contributed by atoms with Gasteiger partial charge in [0.05, 0.1) is 11.4 Å². The molecule has 1 aromatic carbocycles. The van der Waals surface area contributed by atoms with Crippen LogP contribution in [0.1, 0.15) is 18.1 Å². The van der Waals surface area contributed by atoms with Crippen LogP contribution < -0.4 is 5.32 Å². The normalized spacial score (nSPS) is 11.5.